The summed E-state index contributed by atoms with van der Waals surface area (Å²) in [5.74, 6) is 0. The average Bonchev–Trinajstić information content (AvgIpc) is 2.53. The second kappa shape index (κ2) is 4.22. The number of aromatic nitrogens is 4. The maximum Gasteiger partial charge on any atom is 0.327 e. The minimum absolute atomic E-state index is 0.277. The lowest BCUT2D eigenvalue weighted by atomic mass is 10.5. The molecule has 0 aliphatic heterocycles. The van der Waals surface area contributed by atoms with Crippen LogP contribution in [0.3, 0.4) is 0 Å². The second-order valence-corrected chi connectivity index (χ2v) is 2.44. The van der Waals surface area contributed by atoms with Crippen LogP contribution in [0, 0.1) is 0 Å². The van der Waals surface area contributed by atoms with Gasteiger partial charge in [0, 0.05) is 0 Å². The van der Waals surface area contributed by atoms with Gasteiger partial charge in [-0.2, -0.15) is 0 Å². The molecular formula is C8H10N4O2. The van der Waals surface area contributed by atoms with Crippen LogP contribution in [0.25, 0.3) is 11.2 Å². The molecule has 0 fully saturated rings. The number of allylic oxidation sites excluding steroid dienone is 1. The van der Waals surface area contributed by atoms with Crippen molar-refractivity contribution in [1.82, 2.24) is 19.9 Å². The number of fused-ring (bicyclic) bond motifs is 1. The van der Waals surface area contributed by atoms with Gasteiger partial charge in [0.1, 0.15) is 5.52 Å². The molecule has 0 aliphatic rings. The van der Waals surface area contributed by atoms with Crippen molar-refractivity contribution in [3.63, 3.8) is 0 Å². The van der Waals surface area contributed by atoms with E-state index in [-0.39, 0.29) is 11.2 Å². The van der Waals surface area contributed by atoms with Crippen LogP contribution in [0.2, 0.25) is 0 Å². The Kier molecular flexibility index (Phi) is 3.01. The lowest BCUT2D eigenvalue weighted by Crippen LogP contribution is -2.21. The normalized spacial score (nSPS) is 9.21. The van der Waals surface area contributed by atoms with Gasteiger partial charge < -0.3 is 4.98 Å². The van der Waals surface area contributed by atoms with Crippen molar-refractivity contribution in [3.05, 3.63) is 39.8 Å². The van der Waals surface area contributed by atoms with E-state index in [0.29, 0.717) is 0 Å². The number of imidazole rings is 1. The first-order valence-corrected chi connectivity index (χ1v) is 3.91. The fourth-order valence-electron chi connectivity index (χ4n) is 0.867. The topological polar surface area (TPSA) is 94.4 Å². The van der Waals surface area contributed by atoms with E-state index in [0.717, 1.165) is 0 Å². The van der Waals surface area contributed by atoms with Gasteiger partial charge >= 0.3 is 5.69 Å². The molecule has 0 unspecified atom stereocenters. The molecule has 0 bridgehead atoms. The minimum Gasteiger partial charge on any atom is -0.339 e. The van der Waals surface area contributed by atoms with E-state index in [2.05, 4.69) is 26.5 Å². The molecule has 0 amide bonds. The van der Waals surface area contributed by atoms with Crippen LogP contribution in [0.4, 0.5) is 0 Å². The minimum atomic E-state index is -0.547. The summed E-state index contributed by atoms with van der Waals surface area (Å²) < 4.78 is 0. The molecule has 0 spiro atoms. The van der Waals surface area contributed by atoms with Crippen LogP contribution >= 0.6 is 0 Å². The summed E-state index contributed by atoms with van der Waals surface area (Å²) in [6.07, 6.45) is 3.09. The fourth-order valence-corrected chi connectivity index (χ4v) is 0.867. The SMILES string of the molecule is C=CC.O=c1[nH]c(=O)c2[nH]cnc2[nH]1. The standard InChI is InChI=1S/C5H4N4O2.C3H6/c10-4-2-3(7-1-6-2)8-5(11)9-4;1-3-2/h1H,(H3,6,7,8,9,10,11);3H,1H2,2H3. The summed E-state index contributed by atoms with van der Waals surface area (Å²) in [6, 6.07) is 0. The number of hydrogen-bond acceptors (Lipinski definition) is 3. The Morgan fingerprint density at radius 3 is 2.71 bits per heavy atom. The lowest BCUT2D eigenvalue weighted by Gasteiger charge is -1.83. The van der Waals surface area contributed by atoms with Crippen molar-refractivity contribution in [1.29, 1.82) is 0 Å². The predicted octanol–water partition coefficient (Wildman–Crippen LogP) is 0.132. The van der Waals surface area contributed by atoms with E-state index in [1.54, 1.807) is 6.08 Å². The monoisotopic (exact) mass is 194 g/mol. The fraction of sp³-hybridized carbons (Fsp3) is 0.125. The van der Waals surface area contributed by atoms with Crippen molar-refractivity contribution in [2.75, 3.05) is 0 Å². The molecule has 2 heterocycles. The van der Waals surface area contributed by atoms with Crippen molar-refractivity contribution in [2.24, 2.45) is 0 Å². The Balaban J connectivity index is 0.000000293. The van der Waals surface area contributed by atoms with Crippen molar-refractivity contribution < 1.29 is 0 Å². The molecule has 0 saturated carbocycles. The van der Waals surface area contributed by atoms with Gasteiger partial charge in [0.2, 0.25) is 0 Å². The molecule has 74 valence electrons. The van der Waals surface area contributed by atoms with Crippen LogP contribution in [0.1, 0.15) is 6.92 Å². The first-order valence-electron chi connectivity index (χ1n) is 3.91. The second-order valence-electron chi connectivity index (χ2n) is 2.44. The summed E-state index contributed by atoms with van der Waals surface area (Å²) in [5.41, 5.74) is -0.445. The molecule has 6 nitrogen and oxygen atoms in total. The molecule has 2 aromatic heterocycles. The Morgan fingerprint density at radius 2 is 2.07 bits per heavy atom. The molecular weight excluding hydrogens is 184 g/mol. The Morgan fingerprint density at radius 1 is 1.43 bits per heavy atom. The van der Waals surface area contributed by atoms with Gasteiger partial charge in [-0.25, -0.2) is 9.78 Å². The molecule has 3 N–H and O–H groups in total. The largest absolute Gasteiger partial charge is 0.339 e. The number of nitrogens with one attached hydrogen (secondary N) is 3. The van der Waals surface area contributed by atoms with Gasteiger partial charge in [0.25, 0.3) is 5.56 Å². The van der Waals surface area contributed by atoms with Gasteiger partial charge in [-0.05, 0) is 6.92 Å². The maximum absolute atomic E-state index is 10.9. The molecule has 14 heavy (non-hydrogen) atoms. The van der Waals surface area contributed by atoms with Crippen LogP contribution in [-0.4, -0.2) is 19.9 Å². The van der Waals surface area contributed by atoms with E-state index in [1.807, 2.05) is 6.92 Å². The van der Waals surface area contributed by atoms with Crippen LogP contribution < -0.4 is 11.2 Å². The van der Waals surface area contributed by atoms with Crippen LogP contribution in [0.15, 0.2) is 28.6 Å². The molecule has 2 aromatic rings. The zero-order chi connectivity index (χ0) is 10.6. The average molecular weight is 194 g/mol. The van der Waals surface area contributed by atoms with E-state index in [4.69, 9.17) is 0 Å². The van der Waals surface area contributed by atoms with E-state index >= 15 is 0 Å². The third-order valence-electron chi connectivity index (χ3n) is 1.33. The number of hydrogen-bond donors (Lipinski definition) is 3. The Hall–Kier alpha value is -2.11. The number of rotatable bonds is 0. The highest BCUT2D eigenvalue weighted by molar-refractivity contribution is 5.67. The van der Waals surface area contributed by atoms with Gasteiger partial charge in [-0.3, -0.25) is 14.8 Å². The van der Waals surface area contributed by atoms with Gasteiger partial charge in [0.15, 0.2) is 5.65 Å². The highest BCUT2D eigenvalue weighted by atomic mass is 16.2. The third kappa shape index (κ3) is 1.98. The zero-order valence-electron chi connectivity index (χ0n) is 7.63. The Labute approximate surface area is 78.7 Å². The summed E-state index contributed by atoms with van der Waals surface area (Å²) >= 11 is 0. The van der Waals surface area contributed by atoms with Crippen molar-refractivity contribution in [3.8, 4) is 0 Å². The quantitative estimate of drug-likeness (QED) is 0.520. The highest BCUT2D eigenvalue weighted by Gasteiger charge is 1.99. The molecule has 6 heteroatoms. The first kappa shape index (κ1) is 9.97. The summed E-state index contributed by atoms with van der Waals surface area (Å²) in [7, 11) is 0. The van der Waals surface area contributed by atoms with Gasteiger partial charge in [-0.1, -0.05) is 6.08 Å². The smallest absolute Gasteiger partial charge is 0.327 e. The van der Waals surface area contributed by atoms with E-state index in [1.165, 1.54) is 6.33 Å². The van der Waals surface area contributed by atoms with E-state index in [9.17, 15) is 9.59 Å². The maximum atomic E-state index is 10.9. The molecule has 2 rings (SSSR count). The van der Waals surface area contributed by atoms with Crippen LogP contribution in [-0.2, 0) is 0 Å². The lowest BCUT2D eigenvalue weighted by molar-refractivity contribution is 1.07. The molecule has 0 aromatic carbocycles. The summed E-state index contributed by atoms with van der Waals surface area (Å²) in [5, 5.41) is 0. The predicted molar refractivity (Wildman–Crippen MR) is 53.2 cm³/mol. The molecule has 0 atom stereocenters. The highest BCUT2D eigenvalue weighted by Crippen LogP contribution is 1.92. The summed E-state index contributed by atoms with van der Waals surface area (Å²) in [6.45, 7) is 5.25. The molecule has 0 radical (unpaired) electrons. The first-order chi connectivity index (χ1) is 6.69. The number of H-pyrrole nitrogens is 3. The third-order valence-corrected chi connectivity index (χ3v) is 1.33. The number of aromatic amines is 3. The summed E-state index contributed by atoms with van der Waals surface area (Å²) in [4.78, 5) is 32.3. The van der Waals surface area contributed by atoms with E-state index < -0.39 is 11.2 Å². The van der Waals surface area contributed by atoms with Crippen LogP contribution in [0.5, 0.6) is 0 Å². The molecule has 0 saturated heterocycles. The van der Waals surface area contributed by atoms with Crippen molar-refractivity contribution in [2.45, 2.75) is 6.92 Å². The molecule has 0 aliphatic carbocycles. The van der Waals surface area contributed by atoms with Gasteiger partial charge in [-0.15, -0.1) is 6.58 Å². The Bertz CT molecular complexity index is 534. The number of nitrogens with zero attached hydrogens (tertiary/aromatic N) is 1. The van der Waals surface area contributed by atoms with Crippen molar-refractivity contribution >= 4 is 11.2 Å². The zero-order valence-corrected chi connectivity index (χ0v) is 7.63. The van der Waals surface area contributed by atoms with Gasteiger partial charge in [0.05, 0.1) is 6.33 Å².